The number of thiophene rings is 1. The molecule has 0 saturated heterocycles. The molecule has 96 valence electrons. The molecule has 1 aromatic carbocycles. The van der Waals surface area contributed by atoms with E-state index in [1.165, 1.54) is 4.88 Å². The summed E-state index contributed by atoms with van der Waals surface area (Å²) in [5, 5.41) is 10.8. The van der Waals surface area contributed by atoms with Gasteiger partial charge in [0.05, 0.1) is 18.2 Å². The van der Waals surface area contributed by atoms with E-state index in [4.69, 9.17) is 5.26 Å². The van der Waals surface area contributed by atoms with Crippen molar-refractivity contribution in [2.24, 2.45) is 0 Å². The summed E-state index contributed by atoms with van der Waals surface area (Å²) in [6.07, 6.45) is 0. The zero-order valence-electron chi connectivity index (χ0n) is 10.7. The van der Waals surface area contributed by atoms with E-state index in [2.05, 4.69) is 0 Å². The first-order valence-electron chi connectivity index (χ1n) is 6.06. The fraction of sp³-hybridized carbons (Fsp3) is 0.200. The minimum Gasteiger partial charge on any atom is -0.334 e. The molecule has 0 N–H and O–H groups in total. The van der Waals surface area contributed by atoms with Crippen molar-refractivity contribution in [2.45, 2.75) is 13.5 Å². The molecule has 0 bridgehead atoms. The molecule has 0 aliphatic rings. The van der Waals surface area contributed by atoms with E-state index in [9.17, 15) is 4.79 Å². The minimum atomic E-state index is 0.000361. The van der Waals surface area contributed by atoms with Crippen molar-refractivity contribution < 1.29 is 4.79 Å². The molecule has 1 amide bonds. The van der Waals surface area contributed by atoms with E-state index < -0.39 is 0 Å². The van der Waals surface area contributed by atoms with Crippen LogP contribution in [0.25, 0.3) is 0 Å². The van der Waals surface area contributed by atoms with E-state index in [1.807, 2.05) is 30.5 Å². The molecule has 19 heavy (non-hydrogen) atoms. The molecule has 0 atom stereocenters. The van der Waals surface area contributed by atoms with Gasteiger partial charge in [-0.3, -0.25) is 4.79 Å². The van der Waals surface area contributed by atoms with E-state index in [1.54, 1.807) is 40.5 Å². The van der Waals surface area contributed by atoms with Crippen molar-refractivity contribution in [1.82, 2.24) is 4.90 Å². The molecule has 4 heteroatoms. The molecule has 0 radical (unpaired) electrons. The minimum absolute atomic E-state index is 0.000361. The number of amides is 1. The van der Waals surface area contributed by atoms with Crippen LogP contribution in [0.3, 0.4) is 0 Å². The summed E-state index contributed by atoms with van der Waals surface area (Å²) >= 11 is 1.65. The van der Waals surface area contributed by atoms with Crippen LogP contribution in [0, 0.1) is 11.3 Å². The first-order valence-corrected chi connectivity index (χ1v) is 6.94. The van der Waals surface area contributed by atoms with Crippen LogP contribution in [-0.2, 0) is 6.54 Å². The van der Waals surface area contributed by atoms with Crippen LogP contribution in [0.4, 0.5) is 0 Å². The monoisotopic (exact) mass is 270 g/mol. The summed E-state index contributed by atoms with van der Waals surface area (Å²) < 4.78 is 0. The van der Waals surface area contributed by atoms with Gasteiger partial charge in [0, 0.05) is 17.0 Å². The lowest BCUT2D eigenvalue weighted by Crippen LogP contribution is -2.29. The summed E-state index contributed by atoms with van der Waals surface area (Å²) in [6, 6.07) is 12.8. The van der Waals surface area contributed by atoms with Gasteiger partial charge in [0.2, 0.25) is 0 Å². The lowest BCUT2D eigenvalue weighted by Gasteiger charge is -2.20. The third-order valence-corrected chi connectivity index (χ3v) is 3.72. The Kier molecular flexibility index (Phi) is 4.32. The average Bonchev–Trinajstić information content (AvgIpc) is 2.97. The van der Waals surface area contributed by atoms with Crippen LogP contribution in [0.15, 0.2) is 41.8 Å². The van der Waals surface area contributed by atoms with Crippen molar-refractivity contribution in [3.63, 3.8) is 0 Å². The third kappa shape index (κ3) is 3.21. The highest BCUT2D eigenvalue weighted by molar-refractivity contribution is 7.09. The van der Waals surface area contributed by atoms with Gasteiger partial charge < -0.3 is 4.90 Å². The standard InChI is InChI=1S/C15H14N2OS/c1-2-17(11-14-4-3-9-19-14)15(18)13-7-5-12(10-16)6-8-13/h3-9H,2,11H2,1H3. The van der Waals surface area contributed by atoms with E-state index in [0.29, 0.717) is 24.2 Å². The van der Waals surface area contributed by atoms with Gasteiger partial charge in [-0.05, 0) is 42.6 Å². The Labute approximate surface area is 116 Å². The number of hydrogen-bond donors (Lipinski definition) is 0. The Morgan fingerprint density at radius 1 is 1.32 bits per heavy atom. The average molecular weight is 270 g/mol. The van der Waals surface area contributed by atoms with Crippen molar-refractivity contribution >= 4 is 17.2 Å². The molecule has 0 saturated carbocycles. The molecule has 0 aliphatic heterocycles. The summed E-state index contributed by atoms with van der Waals surface area (Å²) in [5.74, 6) is 0.000361. The molecule has 0 aliphatic carbocycles. The van der Waals surface area contributed by atoms with E-state index >= 15 is 0 Å². The first kappa shape index (κ1) is 13.3. The van der Waals surface area contributed by atoms with Gasteiger partial charge in [-0.2, -0.15) is 5.26 Å². The zero-order chi connectivity index (χ0) is 13.7. The predicted octanol–water partition coefficient (Wildman–Crippen LogP) is 3.28. The molecule has 0 fully saturated rings. The van der Waals surface area contributed by atoms with Crippen LogP contribution >= 0.6 is 11.3 Å². The van der Waals surface area contributed by atoms with Crippen molar-refractivity contribution in [3.8, 4) is 6.07 Å². The largest absolute Gasteiger partial charge is 0.334 e. The molecule has 3 nitrogen and oxygen atoms in total. The van der Waals surface area contributed by atoms with Gasteiger partial charge >= 0.3 is 0 Å². The van der Waals surface area contributed by atoms with Crippen LogP contribution in [-0.4, -0.2) is 17.4 Å². The number of nitrogens with zero attached hydrogens (tertiary/aromatic N) is 2. The van der Waals surface area contributed by atoms with Crippen LogP contribution in [0.2, 0.25) is 0 Å². The maximum absolute atomic E-state index is 12.3. The SMILES string of the molecule is CCN(Cc1cccs1)C(=O)c1ccc(C#N)cc1. The summed E-state index contributed by atoms with van der Waals surface area (Å²) in [5.41, 5.74) is 1.19. The van der Waals surface area contributed by atoms with Gasteiger partial charge in [-0.1, -0.05) is 6.07 Å². The molecule has 1 heterocycles. The predicted molar refractivity (Wildman–Crippen MR) is 75.9 cm³/mol. The Morgan fingerprint density at radius 2 is 2.05 bits per heavy atom. The molecule has 2 rings (SSSR count). The second-order valence-corrected chi connectivity index (χ2v) is 5.12. The normalized spacial score (nSPS) is 9.89. The first-order chi connectivity index (χ1) is 9.24. The topological polar surface area (TPSA) is 44.1 Å². The lowest BCUT2D eigenvalue weighted by atomic mass is 10.1. The number of carbonyl (C=O) groups excluding carboxylic acids is 1. The second kappa shape index (κ2) is 6.17. The molecular weight excluding hydrogens is 256 g/mol. The highest BCUT2D eigenvalue weighted by Crippen LogP contribution is 2.14. The maximum Gasteiger partial charge on any atom is 0.254 e. The highest BCUT2D eigenvalue weighted by atomic mass is 32.1. The van der Waals surface area contributed by atoms with Gasteiger partial charge in [-0.15, -0.1) is 11.3 Å². The highest BCUT2D eigenvalue weighted by Gasteiger charge is 2.14. The van der Waals surface area contributed by atoms with Gasteiger partial charge in [0.1, 0.15) is 0 Å². The van der Waals surface area contributed by atoms with Crippen LogP contribution in [0.1, 0.15) is 27.7 Å². The molecule has 0 spiro atoms. The summed E-state index contributed by atoms with van der Waals surface area (Å²) in [4.78, 5) is 15.3. The number of nitriles is 1. The van der Waals surface area contributed by atoms with Gasteiger partial charge in [0.15, 0.2) is 0 Å². The van der Waals surface area contributed by atoms with Crippen molar-refractivity contribution in [1.29, 1.82) is 5.26 Å². The molecular formula is C15H14N2OS. The van der Waals surface area contributed by atoms with Crippen LogP contribution < -0.4 is 0 Å². The summed E-state index contributed by atoms with van der Waals surface area (Å²) in [7, 11) is 0. The van der Waals surface area contributed by atoms with Crippen molar-refractivity contribution in [3.05, 3.63) is 57.8 Å². The smallest absolute Gasteiger partial charge is 0.254 e. The Bertz CT molecular complexity index is 582. The van der Waals surface area contributed by atoms with E-state index in [0.717, 1.165) is 0 Å². The quantitative estimate of drug-likeness (QED) is 0.855. The van der Waals surface area contributed by atoms with Crippen molar-refractivity contribution in [2.75, 3.05) is 6.54 Å². The zero-order valence-corrected chi connectivity index (χ0v) is 11.5. The maximum atomic E-state index is 12.3. The number of carbonyl (C=O) groups is 1. The molecule has 0 unspecified atom stereocenters. The fourth-order valence-electron chi connectivity index (χ4n) is 1.79. The van der Waals surface area contributed by atoms with Crippen LogP contribution in [0.5, 0.6) is 0 Å². The van der Waals surface area contributed by atoms with Gasteiger partial charge in [-0.25, -0.2) is 0 Å². The molecule has 2 aromatic rings. The fourth-order valence-corrected chi connectivity index (χ4v) is 2.51. The Hall–Kier alpha value is -2.12. The Balaban J connectivity index is 2.13. The lowest BCUT2D eigenvalue weighted by molar-refractivity contribution is 0.0754. The number of benzene rings is 1. The second-order valence-electron chi connectivity index (χ2n) is 4.09. The number of rotatable bonds is 4. The van der Waals surface area contributed by atoms with Gasteiger partial charge in [0.25, 0.3) is 5.91 Å². The third-order valence-electron chi connectivity index (χ3n) is 2.86. The molecule has 1 aromatic heterocycles. The number of hydrogen-bond acceptors (Lipinski definition) is 3. The Morgan fingerprint density at radius 3 is 2.58 bits per heavy atom. The van der Waals surface area contributed by atoms with E-state index in [-0.39, 0.29) is 5.91 Å². The summed E-state index contributed by atoms with van der Waals surface area (Å²) in [6.45, 7) is 3.26.